The molecule has 0 fully saturated rings. The number of nitrogens with zero attached hydrogens (tertiary/aromatic N) is 1. The summed E-state index contributed by atoms with van der Waals surface area (Å²) < 4.78 is 0. The summed E-state index contributed by atoms with van der Waals surface area (Å²) in [7, 11) is 0. The summed E-state index contributed by atoms with van der Waals surface area (Å²) >= 11 is 4.24. The lowest BCUT2D eigenvalue weighted by molar-refractivity contribution is -0.121. The van der Waals surface area contributed by atoms with Crippen molar-refractivity contribution in [2.24, 2.45) is 4.99 Å². The zero-order valence-corrected chi connectivity index (χ0v) is 20.6. The number of hydrogen-bond acceptors (Lipinski definition) is 3. The second-order valence-corrected chi connectivity index (χ2v) is 8.50. The number of hydrogen-bond donors (Lipinski definition) is 3. The maximum Gasteiger partial charge on any atom is 0.238 e. The van der Waals surface area contributed by atoms with Gasteiger partial charge in [0.05, 0.1) is 5.70 Å². The van der Waals surface area contributed by atoms with E-state index in [2.05, 4.69) is 35.4 Å². The van der Waals surface area contributed by atoms with Crippen LogP contribution in [0.2, 0.25) is 0 Å². The Labute approximate surface area is 195 Å². The summed E-state index contributed by atoms with van der Waals surface area (Å²) in [5.74, 6) is 0.636. The summed E-state index contributed by atoms with van der Waals surface area (Å²) in [5, 5.41) is 1.66. The van der Waals surface area contributed by atoms with E-state index in [4.69, 9.17) is 0 Å². The average molecular weight is 446 g/mol. The van der Waals surface area contributed by atoms with Gasteiger partial charge < -0.3 is 0 Å². The number of benzene rings is 1. The van der Waals surface area contributed by atoms with Crippen LogP contribution < -0.4 is 10.9 Å². The van der Waals surface area contributed by atoms with Gasteiger partial charge in [-0.3, -0.25) is 15.6 Å². The molecule has 0 saturated heterocycles. The molecule has 174 valence electrons. The van der Waals surface area contributed by atoms with Gasteiger partial charge in [-0.15, -0.1) is 12.6 Å². The summed E-state index contributed by atoms with van der Waals surface area (Å²) in [5.41, 5.74) is 7.36. The van der Waals surface area contributed by atoms with Crippen molar-refractivity contribution in [2.75, 3.05) is 0 Å². The van der Waals surface area contributed by atoms with Gasteiger partial charge in [0.1, 0.15) is 5.84 Å². The first-order valence-corrected chi connectivity index (χ1v) is 12.7. The molecule has 0 unspecified atom stereocenters. The first kappa shape index (κ1) is 27.3. The van der Waals surface area contributed by atoms with Gasteiger partial charge >= 0.3 is 0 Å². The highest BCUT2D eigenvalue weighted by Gasteiger charge is 2.03. The highest BCUT2D eigenvalue weighted by atomic mass is 32.1. The molecule has 0 atom stereocenters. The third-order valence-corrected chi connectivity index (χ3v) is 5.61. The number of nitrogens with one attached hydrogen (secondary N) is 2. The number of aliphatic imine (C=N–C) groups is 1. The molecular weight excluding hydrogens is 402 g/mol. The smallest absolute Gasteiger partial charge is 0.238 e. The maximum atomic E-state index is 12.0. The molecule has 31 heavy (non-hydrogen) atoms. The molecule has 0 heterocycles. The molecule has 4 nitrogen and oxygen atoms in total. The predicted molar refractivity (Wildman–Crippen MR) is 138 cm³/mol. The van der Waals surface area contributed by atoms with Crippen LogP contribution >= 0.6 is 12.6 Å². The Kier molecular flexibility index (Phi) is 16.7. The topological polar surface area (TPSA) is 53.5 Å². The number of hydrazine groups is 1. The van der Waals surface area contributed by atoms with Gasteiger partial charge in [0, 0.05) is 12.0 Å². The Hall–Kier alpha value is -1.75. The lowest BCUT2D eigenvalue weighted by atomic mass is 10.0. The number of rotatable bonds is 16. The van der Waals surface area contributed by atoms with Gasteiger partial charge in [0.25, 0.3) is 0 Å². The van der Waals surface area contributed by atoms with Gasteiger partial charge in [0.2, 0.25) is 5.91 Å². The van der Waals surface area contributed by atoms with Crippen LogP contribution in [0.5, 0.6) is 0 Å². The highest BCUT2D eigenvalue weighted by Crippen LogP contribution is 2.16. The second-order valence-electron chi connectivity index (χ2n) is 8.24. The van der Waals surface area contributed by atoms with Crippen LogP contribution in [-0.4, -0.2) is 11.7 Å². The zero-order chi connectivity index (χ0) is 22.6. The molecule has 0 radical (unpaired) electrons. The van der Waals surface area contributed by atoms with Crippen LogP contribution in [0.25, 0.3) is 5.70 Å². The molecule has 0 aromatic heterocycles. The Bertz CT molecular complexity index is 643. The Morgan fingerprint density at radius 3 is 1.87 bits per heavy atom. The van der Waals surface area contributed by atoms with Crippen molar-refractivity contribution in [1.82, 2.24) is 10.9 Å². The van der Waals surface area contributed by atoms with Crippen LogP contribution in [0.15, 0.2) is 40.7 Å². The van der Waals surface area contributed by atoms with Crippen molar-refractivity contribution in [3.8, 4) is 0 Å². The van der Waals surface area contributed by atoms with Crippen molar-refractivity contribution in [2.45, 2.75) is 104 Å². The van der Waals surface area contributed by atoms with Crippen molar-refractivity contribution in [3.63, 3.8) is 0 Å². The van der Waals surface area contributed by atoms with Gasteiger partial charge in [-0.25, -0.2) is 4.99 Å². The molecule has 1 aromatic carbocycles. The van der Waals surface area contributed by atoms with Crippen molar-refractivity contribution >= 4 is 30.1 Å². The third kappa shape index (κ3) is 14.8. The minimum Gasteiger partial charge on any atom is -0.286 e. The summed E-state index contributed by atoms with van der Waals surface area (Å²) in [6.45, 7) is 4.09. The molecule has 5 heteroatoms. The van der Waals surface area contributed by atoms with Gasteiger partial charge in [0.15, 0.2) is 0 Å². The fraction of sp³-hybridized carbons (Fsp3) is 0.615. The molecule has 2 N–H and O–H groups in total. The van der Waals surface area contributed by atoms with Crippen LogP contribution in [0, 0.1) is 0 Å². The van der Waals surface area contributed by atoms with E-state index in [0.717, 1.165) is 24.1 Å². The van der Waals surface area contributed by atoms with Crippen molar-refractivity contribution < 1.29 is 4.79 Å². The maximum absolute atomic E-state index is 12.0. The van der Waals surface area contributed by atoms with E-state index in [1.165, 1.54) is 70.6 Å². The number of thiol groups is 1. The second kappa shape index (κ2) is 19.0. The lowest BCUT2D eigenvalue weighted by Gasteiger charge is -2.09. The molecule has 1 rings (SSSR count). The van der Waals surface area contributed by atoms with Crippen LogP contribution in [-0.2, 0) is 4.79 Å². The van der Waals surface area contributed by atoms with E-state index in [-0.39, 0.29) is 5.91 Å². The summed E-state index contributed by atoms with van der Waals surface area (Å²) in [4.78, 5) is 16.5. The van der Waals surface area contributed by atoms with E-state index in [1.54, 1.807) is 5.41 Å². The number of unbranched alkanes of at least 4 members (excludes halogenated alkanes) is 12. The molecule has 0 bridgehead atoms. The molecule has 0 saturated carbocycles. The van der Waals surface area contributed by atoms with E-state index in [9.17, 15) is 4.79 Å². The average Bonchev–Trinajstić information content (AvgIpc) is 2.79. The molecule has 1 amide bonds. The van der Waals surface area contributed by atoms with E-state index in [1.807, 2.05) is 37.3 Å². The van der Waals surface area contributed by atoms with Crippen LogP contribution in [0.1, 0.15) is 109 Å². The largest absolute Gasteiger partial charge is 0.286 e. The van der Waals surface area contributed by atoms with E-state index in [0.29, 0.717) is 12.3 Å². The zero-order valence-electron chi connectivity index (χ0n) is 19.7. The molecule has 0 aliphatic rings. The summed E-state index contributed by atoms with van der Waals surface area (Å²) in [6.07, 6.45) is 17.6. The molecule has 0 aliphatic carbocycles. The summed E-state index contributed by atoms with van der Waals surface area (Å²) in [6, 6.07) is 9.84. The molecule has 0 spiro atoms. The predicted octanol–water partition coefficient (Wildman–Crippen LogP) is 7.44. The number of carbonyl (C=O) groups excluding carboxylic acids is 1. The standard InChI is InChI=1S/C26H43N3OS/c1-3-4-5-6-7-8-9-10-11-12-13-14-18-21-26(30)29-28-23(2)27-25(22-31)24-19-16-15-17-20-24/h15-17,19-20,22,31H,3-14,18,21H2,1-2H3,(H,27,28)(H,29,30)/b25-22-. The van der Waals surface area contributed by atoms with Crippen LogP contribution in [0.4, 0.5) is 0 Å². The lowest BCUT2D eigenvalue weighted by Crippen LogP contribution is -2.40. The van der Waals surface area contributed by atoms with Gasteiger partial charge in [-0.05, 0) is 18.8 Å². The van der Waals surface area contributed by atoms with Gasteiger partial charge in [-0.1, -0.05) is 114 Å². The normalized spacial score (nSPS) is 12.1. The van der Waals surface area contributed by atoms with Crippen LogP contribution in [0.3, 0.4) is 0 Å². The number of carbonyl (C=O) groups is 1. The molecular formula is C26H43N3OS. The first-order valence-electron chi connectivity index (χ1n) is 12.2. The van der Waals surface area contributed by atoms with E-state index >= 15 is 0 Å². The quantitative estimate of drug-likeness (QED) is 0.0814. The molecule has 1 aromatic rings. The Balaban J connectivity index is 2.02. The third-order valence-electron chi connectivity index (χ3n) is 5.37. The monoisotopic (exact) mass is 445 g/mol. The highest BCUT2D eigenvalue weighted by molar-refractivity contribution is 7.83. The minimum atomic E-state index is 0.00809. The number of amidine groups is 1. The van der Waals surface area contributed by atoms with Crippen molar-refractivity contribution in [1.29, 1.82) is 0 Å². The Morgan fingerprint density at radius 2 is 1.35 bits per heavy atom. The van der Waals surface area contributed by atoms with E-state index < -0.39 is 0 Å². The molecule has 0 aliphatic heterocycles. The first-order chi connectivity index (χ1) is 15.2. The Morgan fingerprint density at radius 1 is 0.839 bits per heavy atom. The van der Waals surface area contributed by atoms with Crippen molar-refractivity contribution in [3.05, 3.63) is 41.3 Å². The fourth-order valence-electron chi connectivity index (χ4n) is 3.51. The minimum absolute atomic E-state index is 0.00809. The fourth-order valence-corrected chi connectivity index (χ4v) is 3.72. The number of amides is 1. The van der Waals surface area contributed by atoms with Gasteiger partial charge in [-0.2, -0.15) is 0 Å². The SMILES string of the molecule is CCCCCCCCCCCCCCCC(=O)NNC(C)=N/C(=C\S)c1ccccc1.